The standard InChI is InChI=1S/C7H7N2O4.6CH3.Pb.Sn/c1-12-6(10)4-3-8-9-5(4)7(11)13-2;;;;;;;;/h10H,1-2H3;6*1H3;;/p-1/b6-4-;;;;;;;;. The van der Waals surface area contributed by atoms with Gasteiger partial charge in [-0.05, 0) is 0 Å². The van der Waals surface area contributed by atoms with Gasteiger partial charge in [-0.15, -0.1) is 0 Å². The van der Waals surface area contributed by atoms with Crippen molar-refractivity contribution in [2.75, 3.05) is 14.2 Å². The topological polar surface area (TPSA) is 83.3 Å². The van der Waals surface area contributed by atoms with Crippen molar-refractivity contribution in [2.45, 2.75) is 28.3 Å². The second kappa shape index (κ2) is 9.11. The molecule has 0 atom stereocenters. The van der Waals surface area contributed by atoms with Gasteiger partial charge < -0.3 is 0 Å². The van der Waals surface area contributed by atoms with E-state index in [-0.39, 0.29) is 11.3 Å². The number of nitrogens with zero attached hydrogens (tertiary/aromatic N) is 2. The van der Waals surface area contributed by atoms with Gasteiger partial charge in [-0.25, -0.2) is 0 Å². The summed E-state index contributed by atoms with van der Waals surface area (Å²) in [5.41, 5.74) is 0.114. The molecule has 1 rings (SSSR count). The molecule has 0 aliphatic carbocycles. The number of hydrogen-bond acceptors (Lipinski definition) is 6. The summed E-state index contributed by atoms with van der Waals surface area (Å²) in [6.07, 6.45) is 0. The van der Waals surface area contributed by atoms with Gasteiger partial charge in [0.15, 0.2) is 0 Å². The molecule has 0 spiro atoms. The summed E-state index contributed by atoms with van der Waals surface area (Å²) < 4.78 is 17.0. The van der Waals surface area contributed by atoms with E-state index in [2.05, 4.69) is 47.9 Å². The minimum absolute atomic E-state index is 0.0547. The van der Waals surface area contributed by atoms with Crippen LogP contribution < -0.4 is 5.11 Å². The first kappa shape index (κ1) is 20.9. The second-order valence-electron chi connectivity index (χ2n) is 6.01. The fourth-order valence-corrected chi connectivity index (χ4v) is 5.14. The van der Waals surface area contributed by atoms with E-state index in [4.69, 9.17) is 0 Å². The summed E-state index contributed by atoms with van der Waals surface area (Å²) in [6.45, 7) is 0. The molecule has 0 N–H and O–H groups in total. The van der Waals surface area contributed by atoms with Gasteiger partial charge in [0.25, 0.3) is 0 Å². The summed E-state index contributed by atoms with van der Waals surface area (Å²) in [5.74, 6) is -1.25. The third-order valence-corrected chi connectivity index (χ3v) is 7.26. The Morgan fingerprint density at radius 2 is 1.57 bits per heavy atom. The van der Waals surface area contributed by atoms with Crippen LogP contribution in [0.15, 0.2) is 21.7 Å². The van der Waals surface area contributed by atoms with Crippen LogP contribution in [0.3, 0.4) is 0 Å². The summed E-state index contributed by atoms with van der Waals surface area (Å²) in [5, 5.41) is 19.4. The number of rotatable bonds is 3. The SMILES string of the molecule is COC(=O)C1=NN=[C]([Sn]([CH3])([CH3])[CH3])/C1=C(\[O-])OC.[CH3][Pb]([CH3])[CH3]. The monoisotopic (exact) mass is 600 g/mol. The Labute approximate surface area is 139 Å². The van der Waals surface area contributed by atoms with E-state index in [1.54, 1.807) is 0 Å². The van der Waals surface area contributed by atoms with Crippen molar-refractivity contribution in [1.29, 1.82) is 0 Å². The van der Waals surface area contributed by atoms with Gasteiger partial charge in [0.2, 0.25) is 0 Å². The predicted molar refractivity (Wildman–Crippen MR) is 87.6 cm³/mol. The molecule has 21 heavy (non-hydrogen) atoms. The first-order chi connectivity index (χ1) is 9.56. The van der Waals surface area contributed by atoms with Gasteiger partial charge in [0.05, 0.1) is 0 Å². The van der Waals surface area contributed by atoms with Crippen LogP contribution in [0, 0.1) is 0 Å². The molecule has 0 saturated carbocycles. The maximum absolute atomic E-state index is 11.7. The quantitative estimate of drug-likeness (QED) is 0.280. The zero-order valence-corrected chi connectivity index (χ0v) is 20.8. The molecule has 6 nitrogen and oxygen atoms in total. The average molecular weight is 598 g/mol. The molecule has 0 fully saturated rings. The molecule has 0 saturated heterocycles. The molecule has 0 aromatic heterocycles. The van der Waals surface area contributed by atoms with Crippen LogP contribution in [0.1, 0.15) is 0 Å². The van der Waals surface area contributed by atoms with Crippen molar-refractivity contribution in [3.8, 4) is 0 Å². The second-order valence-corrected chi connectivity index (χ2v) is 31.9. The Morgan fingerprint density at radius 1 is 1.10 bits per heavy atom. The first-order valence-electron chi connectivity index (χ1n) is 6.53. The Morgan fingerprint density at radius 3 is 1.90 bits per heavy atom. The third-order valence-electron chi connectivity index (χ3n) is 2.20. The Bertz CT molecular complexity index is 476. The number of carbonyl (C=O) groups is 1. The number of methoxy groups -OCH3 is 2. The van der Waals surface area contributed by atoms with Gasteiger partial charge in [-0.3, -0.25) is 0 Å². The van der Waals surface area contributed by atoms with Crippen molar-refractivity contribution < 1.29 is 19.4 Å². The molecule has 1 aliphatic heterocycles. The molecule has 1 aliphatic rings. The van der Waals surface area contributed by atoms with Crippen LogP contribution in [0.25, 0.3) is 0 Å². The van der Waals surface area contributed by atoms with Crippen molar-refractivity contribution in [3.05, 3.63) is 11.5 Å². The first-order valence-corrected chi connectivity index (χ1v) is 28.2. The van der Waals surface area contributed by atoms with E-state index >= 15 is 0 Å². The van der Waals surface area contributed by atoms with Crippen LogP contribution in [0.5, 0.6) is 0 Å². The predicted octanol–water partition coefficient (Wildman–Crippen LogP) is 1.44. The van der Waals surface area contributed by atoms with E-state index in [9.17, 15) is 9.90 Å². The van der Waals surface area contributed by atoms with Crippen molar-refractivity contribution in [1.82, 2.24) is 0 Å². The van der Waals surface area contributed by atoms with Crippen LogP contribution in [-0.4, -0.2) is 70.7 Å². The van der Waals surface area contributed by atoms with Crippen LogP contribution in [0.4, 0.5) is 0 Å². The van der Waals surface area contributed by atoms with Gasteiger partial charge in [0, 0.05) is 0 Å². The van der Waals surface area contributed by atoms with E-state index in [0.717, 1.165) is 0 Å². The van der Waals surface area contributed by atoms with Gasteiger partial charge in [0.1, 0.15) is 0 Å². The fraction of sp³-hybridized carbons (Fsp3) is 0.615. The Hall–Kier alpha value is -0.129. The molecule has 0 unspecified atom stereocenters. The van der Waals surface area contributed by atoms with E-state index in [1.807, 2.05) is 0 Å². The molecule has 0 aromatic carbocycles. The molecule has 8 heteroatoms. The van der Waals surface area contributed by atoms with E-state index in [0.29, 0.717) is 3.73 Å². The number of esters is 1. The average Bonchev–Trinajstić information content (AvgIpc) is 2.80. The molecular weight excluding hydrogens is 574 g/mol. The van der Waals surface area contributed by atoms with Crippen molar-refractivity contribution in [2.24, 2.45) is 10.2 Å². The Balaban J connectivity index is 0.000000885. The summed E-state index contributed by atoms with van der Waals surface area (Å²) in [4.78, 5) is 17.7. The summed E-state index contributed by atoms with van der Waals surface area (Å²) in [6, 6.07) is 0. The number of carbonyl (C=O) groups excluding carboxylic acids is 1. The van der Waals surface area contributed by atoms with E-state index in [1.165, 1.54) is 14.2 Å². The zero-order chi connectivity index (χ0) is 16.8. The summed E-state index contributed by atoms with van der Waals surface area (Å²) >= 11 is -3.28. The molecule has 0 amide bonds. The van der Waals surface area contributed by atoms with Crippen molar-refractivity contribution in [3.63, 3.8) is 0 Å². The van der Waals surface area contributed by atoms with E-state index < -0.39 is 53.0 Å². The Kier molecular flexibility index (Phi) is 9.05. The van der Waals surface area contributed by atoms with Crippen LogP contribution >= 0.6 is 0 Å². The van der Waals surface area contributed by atoms with Crippen molar-refractivity contribution >= 4 is 56.5 Å². The van der Waals surface area contributed by atoms with Gasteiger partial charge >= 0.3 is 140 Å². The third kappa shape index (κ3) is 6.66. The molecule has 1 radical (unpaired) electrons. The number of ether oxygens (including phenoxy) is 2. The zero-order valence-electron chi connectivity index (χ0n) is 14.0. The normalized spacial score (nSPS) is 16.6. The molecule has 119 valence electrons. The van der Waals surface area contributed by atoms with Crippen LogP contribution in [-0.2, 0) is 14.3 Å². The minimum atomic E-state index is -2.63. The van der Waals surface area contributed by atoms with Gasteiger partial charge in [-0.2, -0.15) is 0 Å². The van der Waals surface area contributed by atoms with Crippen LogP contribution in [0.2, 0.25) is 28.3 Å². The molecular formula is C13H24N2O4PbSn-. The molecule has 1 heterocycles. The molecule has 0 bridgehead atoms. The summed E-state index contributed by atoms with van der Waals surface area (Å²) in [7, 11) is 2.50. The number of hydrogen-bond donors (Lipinski definition) is 0. The maximum atomic E-state index is 11.7. The van der Waals surface area contributed by atoms with Gasteiger partial charge in [-0.1, -0.05) is 0 Å². The molecule has 0 aromatic rings. The fourth-order valence-electron chi connectivity index (χ4n) is 1.37.